The lowest BCUT2D eigenvalue weighted by molar-refractivity contribution is -0.0696. The van der Waals surface area contributed by atoms with E-state index in [0.717, 1.165) is 30.0 Å². The summed E-state index contributed by atoms with van der Waals surface area (Å²) in [6, 6.07) is 0.445. The van der Waals surface area contributed by atoms with Gasteiger partial charge in [-0.3, -0.25) is 5.10 Å². The molecule has 1 aliphatic carbocycles. The Labute approximate surface area is 106 Å². The molecule has 1 saturated heterocycles. The molecule has 2 fully saturated rings. The number of H-pyrrole nitrogens is 1. The predicted octanol–water partition coefficient (Wildman–Crippen LogP) is 2.95. The number of ether oxygens (including phenoxy) is 1. The third-order valence-electron chi connectivity index (χ3n) is 3.71. The molecule has 0 aromatic carbocycles. The molecule has 2 heterocycles. The van der Waals surface area contributed by atoms with Crippen LogP contribution in [0.25, 0.3) is 0 Å². The Hall–Kier alpha value is -0.680. The van der Waals surface area contributed by atoms with Crippen molar-refractivity contribution in [3.8, 4) is 0 Å². The van der Waals surface area contributed by atoms with Gasteiger partial charge >= 0.3 is 0 Å². The van der Waals surface area contributed by atoms with E-state index in [9.17, 15) is 0 Å². The van der Waals surface area contributed by atoms with Gasteiger partial charge in [-0.25, -0.2) is 0 Å². The first-order chi connectivity index (χ1) is 8.07. The van der Waals surface area contributed by atoms with Gasteiger partial charge in [0.25, 0.3) is 0 Å². The van der Waals surface area contributed by atoms with Crippen molar-refractivity contribution in [3.63, 3.8) is 0 Å². The summed E-state index contributed by atoms with van der Waals surface area (Å²) < 4.78 is 8.79. The van der Waals surface area contributed by atoms with Crippen molar-refractivity contribution in [2.24, 2.45) is 0 Å². The van der Waals surface area contributed by atoms with E-state index in [2.05, 4.69) is 28.6 Å². The van der Waals surface area contributed by atoms with Gasteiger partial charge in [0.15, 0.2) is 4.77 Å². The van der Waals surface area contributed by atoms with Gasteiger partial charge in [-0.05, 0) is 51.7 Å². The number of hydrogen-bond acceptors (Lipinski definition) is 3. The van der Waals surface area contributed by atoms with Crippen molar-refractivity contribution in [2.75, 3.05) is 6.61 Å². The first-order valence-electron chi connectivity index (χ1n) is 6.37. The number of rotatable bonds is 2. The fourth-order valence-electron chi connectivity index (χ4n) is 2.72. The van der Waals surface area contributed by atoms with Crippen LogP contribution in [-0.4, -0.2) is 27.0 Å². The smallest absolute Gasteiger partial charge is 0.195 e. The number of aromatic nitrogens is 3. The fourth-order valence-corrected chi connectivity index (χ4v) is 3.01. The quantitative estimate of drug-likeness (QED) is 0.824. The summed E-state index contributed by atoms with van der Waals surface area (Å²) in [5.74, 6) is 1.80. The molecule has 1 atom stereocenters. The Morgan fingerprint density at radius 2 is 2.18 bits per heavy atom. The Morgan fingerprint density at radius 3 is 2.82 bits per heavy atom. The molecule has 1 aromatic rings. The van der Waals surface area contributed by atoms with Crippen LogP contribution in [-0.2, 0) is 4.74 Å². The van der Waals surface area contributed by atoms with E-state index >= 15 is 0 Å². The summed E-state index contributed by atoms with van der Waals surface area (Å²) in [5, 5.41) is 7.36. The highest BCUT2D eigenvalue weighted by Crippen LogP contribution is 2.42. The number of nitrogens with one attached hydrogen (secondary N) is 1. The predicted molar refractivity (Wildman–Crippen MR) is 67.7 cm³/mol. The van der Waals surface area contributed by atoms with E-state index in [-0.39, 0.29) is 5.60 Å². The first kappa shape index (κ1) is 11.4. The van der Waals surface area contributed by atoms with Crippen molar-refractivity contribution in [1.29, 1.82) is 0 Å². The monoisotopic (exact) mass is 253 g/mol. The van der Waals surface area contributed by atoms with Crippen LogP contribution in [0.1, 0.15) is 57.3 Å². The van der Waals surface area contributed by atoms with Crippen LogP contribution in [0.2, 0.25) is 0 Å². The van der Waals surface area contributed by atoms with Crippen molar-refractivity contribution in [1.82, 2.24) is 14.8 Å². The minimum absolute atomic E-state index is 0.0459. The molecule has 17 heavy (non-hydrogen) atoms. The molecule has 2 aliphatic rings. The van der Waals surface area contributed by atoms with Gasteiger partial charge in [0.05, 0.1) is 5.60 Å². The van der Waals surface area contributed by atoms with E-state index in [4.69, 9.17) is 17.0 Å². The van der Waals surface area contributed by atoms with Gasteiger partial charge in [-0.1, -0.05) is 0 Å². The van der Waals surface area contributed by atoms with Crippen molar-refractivity contribution >= 4 is 12.2 Å². The molecular weight excluding hydrogens is 234 g/mol. The average molecular weight is 253 g/mol. The van der Waals surface area contributed by atoms with E-state index in [1.807, 2.05) is 0 Å². The Bertz CT molecular complexity index is 472. The second-order valence-electron chi connectivity index (χ2n) is 5.79. The van der Waals surface area contributed by atoms with Crippen molar-refractivity contribution in [2.45, 2.75) is 57.1 Å². The van der Waals surface area contributed by atoms with Gasteiger partial charge in [0, 0.05) is 18.6 Å². The van der Waals surface area contributed by atoms with Gasteiger partial charge in [-0.2, -0.15) is 5.10 Å². The van der Waals surface area contributed by atoms with Gasteiger partial charge in [-0.15, -0.1) is 0 Å². The van der Waals surface area contributed by atoms with E-state index in [1.165, 1.54) is 12.8 Å². The summed E-state index contributed by atoms with van der Waals surface area (Å²) in [6.07, 6.45) is 4.57. The molecule has 0 spiro atoms. The van der Waals surface area contributed by atoms with Gasteiger partial charge in [0.1, 0.15) is 5.82 Å². The summed E-state index contributed by atoms with van der Waals surface area (Å²) in [6.45, 7) is 5.12. The van der Waals surface area contributed by atoms with Gasteiger partial charge in [0.2, 0.25) is 0 Å². The molecule has 1 saturated carbocycles. The van der Waals surface area contributed by atoms with E-state index in [0.29, 0.717) is 12.0 Å². The Balaban J connectivity index is 1.92. The lowest BCUT2D eigenvalue weighted by Gasteiger charge is -2.36. The Kier molecular flexibility index (Phi) is 2.63. The van der Waals surface area contributed by atoms with Crippen LogP contribution < -0.4 is 0 Å². The molecule has 3 rings (SSSR count). The molecule has 0 radical (unpaired) electrons. The second kappa shape index (κ2) is 3.92. The highest BCUT2D eigenvalue weighted by Gasteiger charge is 2.35. The first-order valence-corrected chi connectivity index (χ1v) is 6.78. The highest BCUT2D eigenvalue weighted by molar-refractivity contribution is 7.71. The third-order valence-corrected chi connectivity index (χ3v) is 4.00. The molecule has 1 N–H and O–H groups in total. The number of aromatic amines is 1. The van der Waals surface area contributed by atoms with Crippen LogP contribution in [0.4, 0.5) is 0 Å². The molecule has 0 amide bonds. The summed E-state index contributed by atoms with van der Waals surface area (Å²) in [5.41, 5.74) is -0.0459. The lowest BCUT2D eigenvalue weighted by atomic mass is 9.93. The van der Waals surface area contributed by atoms with Crippen LogP contribution in [0.15, 0.2) is 0 Å². The zero-order valence-electron chi connectivity index (χ0n) is 10.4. The average Bonchev–Trinajstić information content (AvgIpc) is 3.01. The Morgan fingerprint density at radius 1 is 1.41 bits per heavy atom. The maximum atomic E-state index is 5.77. The SMILES string of the molecule is CC1(C)CC(n2c(C3CC3)n[nH]c2=S)CCO1. The summed E-state index contributed by atoms with van der Waals surface area (Å²) >= 11 is 5.38. The zero-order chi connectivity index (χ0) is 12.0. The molecule has 1 aliphatic heterocycles. The molecular formula is C12H19N3OS. The number of hydrogen-bond donors (Lipinski definition) is 1. The zero-order valence-corrected chi connectivity index (χ0v) is 11.2. The lowest BCUT2D eigenvalue weighted by Crippen LogP contribution is -2.35. The summed E-state index contributed by atoms with van der Waals surface area (Å²) in [4.78, 5) is 0. The minimum Gasteiger partial charge on any atom is -0.375 e. The third kappa shape index (κ3) is 2.18. The van der Waals surface area contributed by atoms with Crippen molar-refractivity contribution in [3.05, 3.63) is 10.6 Å². The largest absolute Gasteiger partial charge is 0.375 e. The molecule has 5 heteroatoms. The maximum absolute atomic E-state index is 5.77. The fraction of sp³-hybridized carbons (Fsp3) is 0.833. The van der Waals surface area contributed by atoms with Gasteiger partial charge < -0.3 is 9.30 Å². The topological polar surface area (TPSA) is 42.8 Å². The maximum Gasteiger partial charge on any atom is 0.195 e. The molecule has 1 aromatic heterocycles. The van der Waals surface area contributed by atoms with Crippen molar-refractivity contribution < 1.29 is 4.74 Å². The molecule has 94 valence electrons. The minimum atomic E-state index is -0.0459. The molecule has 0 bridgehead atoms. The highest BCUT2D eigenvalue weighted by atomic mass is 32.1. The normalized spacial score (nSPS) is 28.2. The standard InChI is InChI=1S/C12H19N3OS/c1-12(2)7-9(5-6-16-12)15-10(8-3-4-8)13-14-11(15)17/h8-9H,3-7H2,1-2H3,(H,14,17). The second-order valence-corrected chi connectivity index (χ2v) is 6.17. The van der Waals surface area contributed by atoms with Crippen LogP contribution in [0.5, 0.6) is 0 Å². The van der Waals surface area contributed by atoms with E-state index in [1.54, 1.807) is 0 Å². The van der Waals surface area contributed by atoms with Crippen LogP contribution in [0.3, 0.4) is 0 Å². The summed E-state index contributed by atoms with van der Waals surface area (Å²) in [7, 11) is 0. The molecule has 1 unspecified atom stereocenters. The van der Waals surface area contributed by atoms with Crippen LogP contribution in [0, 0.1) is 4.77 Å². The molecule has 4 nitrogen and oxygen atoms in total. The van der Waals surface area contributed by atoms with Crippen LogP contribution >= 0.6 is 12.2 Å². The number of nitrogens with zero attached hydrogens (tertiary/aromatic N) is 2. The van der Waals surface area contributed by atoms with E-state index < -0.39 is 0 Å².